The van der Waals surface area contributed by atoms with Gasteiger partial charge in [-0.1, -0.05) is 5.16 Å². The lowest BCUT2D eigenvalue weighted by Crippen LogP contribution is -2.27. The molecule has 0 radical (unpaired) electrons. The molecule has 0 saturated heterocycles. The maximum absolute atomic E-state index is 5.96. The Morgan fingerprint density at radius 2 is 2.44 bits per heavy atom. The molecule has 0 amide bonds. The summed E-state index contributed by atoms with van der Waals surface area (Å²) in [5.74, 6) is 0.878. The summed E-state index contributed by atoms with van der Waals surface area (Å²) >= 11 is 0. The predicted molar refractivity (Wildman–Crippen MR) is 62.4 cm³/mol. The van der Waals surface area contributed by atoms with Crippen LogP contribution in [-0.4, -0.2) is 33.0 Å². The highest BCUT2D eigenvalue weighted by atomic mass is 16.5. The van der Waals surface area contributed by atoms with Gasteiger partial charge >= 0.3 is 0 Å². The standard InChI is InChI=1S/C11H15N5O2/c12-9(6-17-8-2-1-3-8)10-15-11(18-16-10)7-4-13-14-5-7/h4-5,8-9H,1-3,6,12H2,(H,13,14). The topological polar surface area (TPSA) is 103 Å². The molecule has 7 heteroatoms. The van der Waals surface area contributed by atoms with Gasteiger partial charge in [0.2, 0.25) is 0 Å². The summed E-state index contributed by atoms with van der Waals surface area (Å²) in [7, 11) is 0. The van der Waals surface area contributed by atoms with Gasteiger partial charge in [-0.25, -0.2) is 0 Å². The second-order valence-electron chi connectivity index (χ2n) is 4.44. The minimum atomic E-state index is -0.352. The molecule has 1 aliphatic carbocycles. The molecule has 2 aromatic rings. The van der Waals surface area contributed by atoms with Gasteiger partial charge in [0.15, 0.2) is 5.82 Å². The highest BCUT2D eigenvalue weighted by Gasteiger charge is 2.21. The summed E-state index contributed by atoms with van der Waals surface area (Å²) in [4.78, 5) is 4.23. The van der Waals surface area contributed by atoms with Gasteiger partial charge < -0.3 is 15.0 Å². The number of nitrogens with two attached hydrogens (primary N) is 1. The Kier molecular flexibility index (Phi) is 3.07. The molecule has 0 bridgehead atoms. The number of H-pyrrole nitrogens is 1. The molecule has 3 N–H and O–H groups in total. The van der Waals surface area contributed by atoms with Crippen molar-refractivity contribution in [2.24, 2.45) is 5.73 Å². The summed E-state index contributed by atoms with van der Waals surface area (Å²) in [5.41, 5.74) is 6.71. The van der Waals surface area contributed by atoms with Gasteiger partial charge in [-0.2, -0.15) is 10.1 Å². The first-order valence-electron chi connectivity index (χ1n) is 6.03. The lowest BCUT2D eigenvalue weighted by atomic mass is 9.96. The van der Waals surface area contributed by atoms with Gasteiger partial charge in [0, 0.05) is 6.20 Å². The largest absolute Gasteiger partial charge is 0.376 e. The molecular formula is C11H15N5O2. The second-order valence-corrected chi connectivity index (χ2v) is 4.44. The van der Waals surface area contributed by atoms with Gasteiger partial charge in [0.25, 0.3) is 5.89 Å². The maximum atomic E-state index is 5.96. The van der Waals surface area contributed by atoms with Crippen LogP contribution in [0.1, 0.15) is 31.1 Å². The van der Waals surface area contributed by atoms with Gasteiger partial charge in [0.1, 0.15) is 0 Å². The van der Waals surface area contributed by atoms with Gasteiger partial charge in [0.05, 0.1) is 30.5 Å². The fourth-order valence-corrected chi connectivity index (χ4v) is 1.72. The van der Waals surface area contributed by atoms with Crippen LogP contribution < -0.4 is 5.73 Å². The molecule has 2 aromatic heterocycles. The number of hydrogen-bond donors (Lipinski definition) is 2. The normalized spacial score (nSPS) is 17.6. The Bertz CT molecular complexity index is 491. The highest BCUT2D eigenvalue weighted by molar-refractivity contribution is 5.49. The molecular weight excluding hydrogens is 234 g/mol. The molecule has 1 saturated carbocycles. The molecule has 1 atom stereocenters. The van der Waals surface area contributed by atoms with Crippen LogP contribution in [0.25, 0.3) is 11.5 Å². The van der Waals surface area contributed by atoms with E-state index in [1.165, 1.54) is 6.42 Å². The summed E-state index contributed by atoms with van der Waals surface area (Å²) in [6.07, 6.45) is 7.16. The first-order chi connectivity index (χ1) is 8.83. The second kappa shape index (κ2) is 4.87. The van der Waals surface area contributed by atoms with Gasteiger partial charge in [-0.3, -0.25) is 5.10 Å². The monoisotopic (exact) mass is 249 g/mol. The first-order valence-corrected chi connectivity index (χ1v) is 6.03. The molecule has 1 fully saturated rings. The number of aromatic amines is 1. The van der Waals surface area contributed by atoms with Gasteiger partial charge in [-0.05, 0) is 19.3 Å². The first kappa shape index (κ1) is 11.4. The summed E-state index contributed by atoms with van der Waals surface area (Å²) in [5, 5.41) is 10.4. The molecule has 0 spiro atoms. The van der Waals surface area contributed by atoms with Crippen LogP contribution in [0, 0.1) is 0 Å². The molecule has 0 aromatic carbocycles. The van der Waals surface area contributed by atoms with E-state index in [-0.39, 0.29) is 6.04 Å². The highest BCUT2D eigenvalue weighted by Crippen LogP contribution is 2.23. The van der Waals surface area contributed by atoms with Crippen molar-refractivity contribution in [1.29, 1.82) is 0 Å². The van der Waals surface area contributed by atoms with Crippen LogP contribution >= 0.6 is 0 Å². The Balaban J connectivity index is 1.61. The number of ether oxygens (including phenoxy) is 1. The van der Waals surface area contributed by atoms with Crippen molar-refractivity contribution in [3.05, 3.63) is 18.2 Å². The molecule has 1 aliphatic rings. The average Bonchev–Trinajstić information content (AvgIpc) is 2.97. The van der Waals surface area contributed by atoms with E-state index in [4.69, 9.17) is 15.0 Å². The van der Waals surface area contributed by atoms with E-state index in [1.54, 1.807) is 12.4 Å². The smallest absolute Gasteiger partial charge is 0.261 e. The van der Waals surface area contributed by atoms with Crippen LogP contribution in [0.5, 0.6) is 0 Å². The van der Waals surface area contributed by atoms with Crippen molar-refractivity contribution in [3.8, 4) is 11.5 Å². The number of nitrogens with zero attached hydrogens (tertiary/aromatic N) is 3. The van der Waals surface area contributed by atoms with Gasteiger partial charge in [-0.15, -0.1) is 0 Å². The molecule has 0 aliphatic heterocycles. The fourth-order valence-electron chi connectivity index (χ4n) is 1.72. The van der Waals surface area contributed by atoms with Crippen molar-refractivity contribution < 1.29 is 9.26 Å². The maximum Gasteiger partial charge on any atom is 0.261 e. The van der Waals surface area contributed by atoms with Crippen LogP contribution in [0.4, 0.5) is 0 Å². The molecule has 7 nitrogen and oxygen atoms in total. The minimum Gasteiger partial charge on any atom is -0.376 e. The third-order valence-electron chi connectivity index (χ3n) is 3.08. The Labute approximate surface area is 104 Å². The average molecular weight is 249 g/mol. The van der Waals surface area contributed by atoms with E-state index in [1.807, 2.05) is 0 Å². The zero-order valence-corrected chi connectivity index (χ0v) is 9.87. The zero-order chi connectivity index (χ0) is 12.4. The number of hydrogen-bond acceptors (Lipinski definition) is 6. The molecule has 96 valence electrons. The van der Waals surface area contributed by atoms with Crippen molar-refractivity contribution in [2.75, 3.05) is 6.61 Å². The van der Waals surface area contributed by atoms with E-state index < -0.39 is 0 Å². The molecule has 3 rings (SSSR count). The minimum absolute atomic E-state index is 0.352. The van der Waals surface area contributed by atoms with E-state index in [9.17, 15) is 0 Å². The van der Waals surface area contributed by atoms with E-state index in [2.05, 4.69) is 20.3 Å². The van der Waals surface area contributed by atoms with E-state index in [0.717, 1.165) is 18.4 Å². The molecule has 2 heterocycles. The zero-order valence-electron chi connectivity index (χ0n) is 9.87. The van der Waals surface area contributed by atoms with Crippen molar-refractivity contribution in [1.82, 2.24) is 20.3 Å². The van der Waals surface area contributed by atoms with Crippen LogP contribution in [0.2, 0.25) is 0 Å². The number of rotatable bonds is 5. The summed E-state index contributed by atoms with van der Waals surface area (Å²) in [6.45, 7) is 0.426. The Morgan fingerprint density at radius 1 is 1.56 bits per heavy atom. The third-order valence-corrected chi connectivity index (χ3v) is 3.08. The Morgan fingerprint density at radius 3 is 3.11 bits per heavy atom. The fraction of sp³-hybridized carbons (Fsp3) is 0.545. The number of nitrogens with one attached hydrogen (secondary N) is 1. The summed E-state index contributed by atoms with van der Waals surface area (Å²) in [6, 6.07) is -0.352. The van der Waals surface area contributed by atoms with Crippen LogP contribution in [0.15, 0.2) is 16.9 Å². The van der Waals surface area contributed by atoms with Crippen molar-refractivity contribution in [3.63, 3.8) is 0 Å². The van der Waals surface area contributed by atoms with E-state index >= 15 is 0 Å². The third kappa shape index (κ3) is 2.27. The van der Waals surface area contributed by atoms with Crippen LogP contribution in [-0.2, 0) is 4.74 Å². The quantitative estimate of drug-likeness (QED) is 0.820. The van der Waals surface area contributed by atoms with Crippen molar-refractivity contribution in [2.45, 2.75) is 31.4 Å². The molecule has 18 heavy (non-hydrogen) atoms. The van der Waals surface area contributed by atoms with Crippen LogP contribution in [0.3, 0.4) is 0 Å². The SMILES string of the molecule is NC(COC1CCC1)c1noc(-c2cn[nH]c2)n1. The Hall–Kier alpha value is -1.73. The number of aromatic nitrogens is 4. The molecule has 1 unspecified atom stereocenters. The van der Waals surface area contributed by atoms with E-state index in [0.29, 0.717) is 24.4 Å². The lowest BCUT2D eigenvalue weighted by molar-refractivity contribution is -0.00549. The predicted octanol–water partition coefficient (Wildman–Crippen LogP) is 1.03. The van der Waals surface area contributed by atoms with Crippen molar-refractivity contribution >= 4 is 0 Å². The summed E-state index contributed by atoms with van der Waals surface area (Å²) < 4.78 is 10.7. The lowest BCUT2D eigenvalue weighted by Gasteiger charge is -2.26.